The third-order valence-corrected chi connectivity index (χ3v) is 7.03. The highest BCUT2D eigenvalue weighted by atomic mass is 16.2. The van der Waals surface area contributed by atoms with Crippen molar-refractivity contribution < 1.29 is 9.59 Å². The number of hydrogen-bond donors (Lipinski definition) is 0. The van der Waals surface area contributed by atoms with Crippen LogP contribution in [0.1, 0.15) is 50.5 Å². The lowest BCUT2D eigenvalue weighted by atomic mass is 9.80. The van der Waals surface area contributed by atoms with Crippen LogP contribution in [0, 0.1) is 11.8 Å². The van der Waals surface area contributed by atoms with Gasteiger partial charge in [-0.15, -0.1) is 0 Å². The van der Waals surface area contributed by atoms with Gasteiger partial charge in [0.1, 0.15) is 0 Å². The lowest BCUT2D eigenvalue weighted by Crippen LogP contribution is -2.50. The van der Waals surface area contributed by atoms with E-state index < -0.39 is 0 Å². The molecule has 3 aliphatic rings. The van der Waals surface area contributed by atoms with Crippen LogP contribution in [0.15, 0.2) is 30.3 Å². The van der Waals surface area contributed by atoms with E-state index >= 15 is 0 Å². The van der Waals surface area contributed by atoms with Crippen LogP contribution in [-0.2, 0) is 16.1 Å². The van der Waals surface area contributed by atoms with Crippen LogP contribution in [0.3, 0.4) is 0 Å². The third kappa shape index (κ3) is 5.19. The van der Waals surface area contributed by atoms with Gasteiger partial charge in [0, 0.05) is 57.6 Å². The molecule has 1 aliphatic carbocycles. The van der Waals surface area contributed by atoms with Crippen LogP contribution in [0.5, 0.6) is 0 Å². The number of benzene rings is 1. The number of piperazine rings is 1. The second-order valence-corrected chi connectivity index (χ2v) is 9.02. The largest absolute Gasteiger partial charge is 0.342 e. The number of nitrogens with zero attached hydrogens (tertiary/aromatic N) is 3. The van der Waals surface area contributed by atoms with E-state index in [0.29, 0.717) is 11.8 Å². The van der Waals surface area contributed by atoms with Crippen LogP contribution in [-0.4, -0.2) is 65.8 Å². The van der Waals surface area contributed by atoms with Crippen molar-refractivity contribution in [1.29, 1.82) is 0 Å². The van der Waals surface area contributed by atoms with E-state index in [2.05, 4.69) is 45.0 Å². The minimum atomic E-state index is 0.126. The Hall–Kier alpha value is -1.88. The Morgan fingerprint density at radius 2 is 1.21 bits per heavy atom. The Labute approximate surface area is 175 Å². The summed E-state index contributed by atoms with van der Waals surface area (Å²) in [7, 11) is 0. The first-order valence-corrected chi connectivity index (χ1v) is 11.5. The summed E-state index contributed by atoms with van der Waals surface area (Å²) < 4.78 is 0. The lowest BCUT2D eigenvalue weighted by Gasteiger charge is -2.38. The molecule has 2 aliphatic heterocycles. The first-order chi connectivity index (χ1) is 14.2. The van der Waals surface area contributed by atoms with Crippen molar-refractivity contribution in [1.82, 2.24) is 14.7 Å². The zero-order valence-electron chi connectivity index (χ0n) is 17.6. The summed E-state index contributed by atoms with van der Waals surface area (Å²) in [4.78, 5) is 32.3. The van der Waals surface area contributed by atoms with Crippen LogP contribution >= 0.6 is 0 Å². The molecule has 0 N–H and O–H groups in total. The summed E-state index contributed by atoms with van der Waals surface area (Å²) in [6.07, 6.45) is 7.09. The molecule has 1 aromatic rings. The van der Waals surface area contributed by atoms with E-state index in [1.165, 1.54) is 12.0 Å². The molecule has 4 rings (SSSR count). The van der Waals surface area contributed by atoms with Crippen molar-refractivity contribution in [3.63, 3.8) is 0 Å². The molecule has 1 saturated carbocycles. The van der Waals surface area contributed by atoms with Gasteiger partial charge in [-0.25, -0.2) is 0 Å². The van der Waals surface area contributed by atoms with E-state index in [-0.39, 0.29) is 11.8 Å². The van der Waals surface area contributed by atoms with E-state index in [0.717, 1.165) is 84.3 Å². The molecule has 3 fully saturated rings. The van der Waals surface area contributed by atoms with Crippen LogP contribution < -0.4 is 0 Å². The van der Waals surface area contributed by atoms with Gasteiger partial charge in [-0.3, -0.25) is 14.5 Å². The minimum Gasteiger partial charge on any atom is -0.342 e. The number of piperidine rings is 1. The SMILES string of the molecule is O=C(C1CCC(C(=O)N2CCN(Cc3ccccc3)CC2)CC1)N1CCCCC1. The monoisotopic (exact) mass is 397 g/mol. The lowest BCUT2D eigenvalue weighted by molar-refractivity contribution is -0.143. The van der Waals surface area contributed by atoms with E-state index in [4.69, 9.17) is 0 Å². The first-order valence-electron chi connectivity index (χ1n) is 11.5. The number of likely N-dealkylation sites (tertiary alicyclic amines) is 1. The molecule has 5 nitrogen and oxygen atoms in total. The second kappa shape index (κ2) is 9.75. The molecule has 0 bridgehead atoms. The van der Waals surface area contributed by atoms with Crippen molar-refractivity contribution in [2.24, 2.45) is 11.8 Å². The van der Waals surface area contributed by atoms with Gasteiger partial charge in [-0.2, -0.15) is 0 Å². The van der Waals surface area contributed by atoms with Crippen molar-refractivity contribution in [2.75, 3.05) is 39.3 Å². The molecule has 0 unspecified atom stereocenters. The maximum atomic E-state index is 13.0. The van der Waals surface area contributed by atoms with E-state index in [1.54, 1.807) is 0 Å². The summed E-state index contributed by atoms with van der Waals surface area (Å²) in [5, 5.41) is 0. The Morgan fingerprint density at radius 3 is 1.76 bits per heavy atom. The summed E-state index contributed by atoms with van der Waals surface area (Å²) in [5.74, 6) is 0.958. The summed E-state index contributed by atoms with van der Waals surface area (Å²) in [6, 6.07) is 10.6. The fourth-order valence-corrected chi connectivity index (χ4v) is 5.19. The highest BCUT2D eigenvalue weighted by Crippen LogP contribution is 2.32. The molecule has 2 heterocycles. The molecule has 29 heavy (non-hydrogen) atoms. The predicted octanol–water partition coefficient (Wildman–Crippen LogP) is 3.15. The van der Waals surface area contributed by atoms with Crippen molar-refractivity contribution >= 4 is 11.8 Å². The Balaban J connectivity index is 1.20. The van der Waals surface area contributed by atoms with Crippen LogP contribution in [0.25, 0.3) is 0 Å². The predicted molar refractivity (Wildman–Crippen MR) is 114 cm³/mol. The van der Waals surface area contributed by atoms with Gasteiger partial charge in [-0.1, -0.05) is 30.3 Å². The summed E-state index contributed by atoms with van der Waals surface area (Å²) >= 11 is 0. The highest BCUT2D eigenvalue weighted by Gasteiger charge is 2.34. The average Bonchev–Trinajstić information content (AvgIpc) is 2.80. The quantitative estimate of drug-likeness (QED) is 0.784. The van der Waals surface area contributed by atoms with Crippen molar-refractivity contribution in [2.45, 2.75) is 51.5 Å². The molecule has 0 spiro atoms. The van der Waals surface area contributed by atoms with Crippen LogP contribution in [0.4, 0.5) is 0 Å². The maximum absolute atomic E-state index is 13.0. The van der Waals surface area contributed by atoms with Gasteiger partial charge in [0.25, 0.3) is 0 Å². The molecular formula is C24H35N3O2. The van der Waals surface area contributed by atoms with Crippen LogP contribution in [0.2, 0.25) is 0 Å². The van der Waals surface area contributed by atoms with Gasteiger partial charge in [0.15, 0.2) is 0 Å². The van der Waals surface area contributed by atoms with Crippen molar-refractivity contribution in [3.05, 3.63) is 35.9 Å². The Kier molecular flexibility index (Phi) is 6.86. The smallest absolute Gasteiger partial charge is 0.225 e. The molecule has 158 valence electrons. The molecule has 5 heteroatoms. The summed E-state index contributed by atoms with van der Waals surface area (Å²) in [6.45, 7) is 6.39. The van der Waals surface area contributed by atoms with Gasteiger partial charge in [-0.05, 0) is 50.5 Å². The van der Waals surface area contributed by atoms with E-state index in [9.17, 15) is 9.59 Å². The molecule has 0 aromatic heterocycles. The topological polar surface area (TPSA) is 43.9 Å². The third-order valence-electron chi connectivity index (χ3n) is 7.03. The van der Waals surface area contributed by atoms with Gasteiger partial charge < -0.3 is 9.80 Å². The molecule has 1 aromatic carbocycles. The molecule has 0 atom stereocenters. The maximum Gasteiger partial charge on any atom is 0.225 e. The number of hydrogen-bond acceptors (Lipinski definition) is 3. The second-order valence-electron chi connectivity index (χ2n) is 9.02. The minimum absolute atomic E-state index is 0.126. The fraction of sp³-hybridized carbons (Fsp3) is 0.667. The highest BCUT2D eigenvalue weighted by molar-refractivity contribution is 5.81. The Morgan fingerprint density at radius 1 is 0.690 bits per heavy atom. The average molecular weight is 398 g/mol. The Bertz CT molecular complexity index is 671. The fourth-order valence-electron chi connectivity index (χ4n) is 5.19. The zero-order valence-corrected chi connectivity index (χ0v) is 17.6. The molecule has 0 radical (unpaired) electrons. The number of carbonyl (C=O) groups is 2. The van der Waals surface area contributed by atoms with Gasteiger partial charge >= 0.3 is 0 Å². The standard InChI is InChI=1S/C24H35N3O2/c28-23(26-13-5-2-6-14-26)21-9-11-22(12-10-21)24(29)27-17-15-25(16-18-27)19-20-7-3-1-4-8-20/h1,3-4,7-8,21-22H,2,5-6,9-19H2. The first kappa shape index (κ1) is 20.4. The molecule has 2 amide bonds. The summed E-state index contributed by atoms with van der Waals surface area (Å²) in [5.41, 5.74) is 1.34. The van der Waals surface area contributed by atoms with Crippen molar-refractivity contribution in [3.8, 4) is 0 Å². The zero-order chi connectivity index (χ0) is 20.1. The number of carbonyl (C=O) groups excluding carboxylic acids is 2. The van der Waals surface area contributed by atoms with E-state index in [1.807, 2.05) is 0 Å². The number of rotatable bonds is 4. The van der Waals surface area contributed by atoms with Gasteiger partial charge in [0.2, 0.25) is 11.8 Å². The van der Waals surface area contributed by atoms with Gasteiger partial charge in [0.05, 0.1) is 0 Å². The molecule has 2 saturated heterocycles. The normalized spacial score (nSPS) is 26.3. The number of amides is 2. The molecular weight excluding hydrogens is 362 g/mol.